The van der Waals surface area contributed by atoms with Crippen LogP contribution in [0.15, 0.2) is 114 Å². The molecule has 0 saturated carbocycles. The van der Waals surface area contributed by atoms with E-state index in [-0.39, 0.29) is 23.3 Å². The molecule has 4 rings (SSSR count). The Morgan fingerprint density at radius 2 is 1.34 bits per heavy atom. The molecule has 0 aliphatic carbocycles. The minimum atomic E-state index is -3.93. The zero-order chi connectivity index (χ0) is 29.2. The van der Waals surface area contributed by atoms with Gasteiger partial charge in [0.25, 0.3) is 0 Å². The average Bonchev–Trinajstić information content (AvgIpc) is 2.99. The molecule has 0 saturated heterocycles. The van der Waals surface area contributed by atoms with Crippen molar-refractivity contribution in [3.63, 3.8) is 0 Å². The van der Waals surface area contributed by atoms with Crippen molar-refractivity contribution >= 4 is 21.7 Å². The summed E-state index contributed by atoms with van der Waals surface area (Å²) in [5.41, 5.74) is 2.93. The maximum absolute atomic E-state index is 13.2. The molecule has 1 atom stereocenters. The Kier molecular flexibility index (Phi) is 10.1. The number of rotatable bonds is 13. The van der Waals surface area contributed by atoms with Crippen LogP contribution in [0, 0.1) is 5.92 Å². The maximum atomic E-state index is 13.2. The van der Waals surface area contributed by atoms with Crippen molar-refractivity contribution in [3.8, 4) is 22.6 Å². The van der Waals surface area contributed by atoms with Gasteiger partial charge in [-0.05, 0) is 65.4 Å². The second-order valence-electron chi connectivity index (χ2n) is 10.1. The summed E-state index contributed by atoms with van der Waals surface area (Å²) in [5, 5.41) is 2.71. The molecule has 41 heavy (non-hydrogen) atoms. The summed E-state index contributed by atoms with van der Waals surface area (Å²) in [6.45, 7) is 3.37. The van der Waals surface area contributed by atoms with Gasteiger partial charge in [-0.2, -0.15) is 0 Å². The first-order valence-electron chi connectivity index (χ1n) is 13.5. The molecule has 7 nitrogen and oxygen atoms in total. The maximum Gasteiger partial charge on any atom is 0.240 e. The minimum absolute atomic E-state index is 0.00467. The molecule has 8 heteroatoms. The van der Waals surface area contributed by atoms with Crippen LogP contribution in [-0.2, 0) is 19.6 Å². The quantitative estimate of drug-likeness (QED) is 0.207. The molecule has 0 spiro atoms. The van der Waals surface area contributed by atoms with Crippen LogP contribution in [0.4, 0.5) is 0 Å². The first kappa shape index (κ1) is 29.7. The van der Waals surface area contributed by atoms with E-state index in [1.165, 1.54) is 12.1 Å². The second-order valence-corrected chi connectivity index (χ2v) is 11.9. The molecule has 4 aromatic carbocycles. The van der Waals surface area contributed by atoms with Gasteiger partial charge in [0, 0.05) is 0 Å². The molecule has 0 heterocycles. The van der Waals surface area contributed by atoms with E-state index in [0.717, 1.165) is 16.7 Å². The van der Waals surface area contributed by atoms with E-state index in [4.69, 9.17) is 4.74 Å². The Morgan fingerprint density at radius 3 is 2.00 bits per heavy atom. The summed E-state index contributed by atoms with van der Waals surface area (Å²) in [6, 6.07) is 32.8. The van der Waals surface area contributed by atoms with Gasteiger partial charge >= 0.3 is 0 Å². The average molecular weight is 571 g/mol. The number of ether oxygens (including phenoxy) is 1. The molecular weight excluding hydrogens is 536 g/mol. The van der Waals surface area contributed by atoms with Crippen LogP contribution >= 0.6 is 0 Å². The highest BCUT2D eigenvalue weighted by molar-refractivity contribution is 7.89. The number of carbonyl (C=O) groups excluding carboxylic acids is 2. The van der Waals surface area contributed by atoms with E-state index in [9.17, 15) is 18.0 Å². The van der Waals surface area contributed by atoms with Crippen LogP contribution in [-0.4, -0.2) is 33.2 Å². The summed E-state index contributed by atoms with van der Waals surface area (Å²) in [4.78, 5) is 25.7. The largest absolute Gasteiger partial charge is 0.457 e. The highest BCUT2D eigenvalue weighted by Gasteiger charge is 2.23. The van der Waals surface area contributed by atoms with Crippen molar-refractivity contribution in [2.24, 2.45) is 5.92 Å². The number of Topliss-reactive ketones (excluding diaryl/α,β-unsaturated/α-hetero) is 1. The summed E-state index contributed by atoms with van der Waals surface area (Å²) in [7, 11) is -3.93. The highest BCUT2D eigenvalue weighted by atomic mass is 32.2. The number of ketones is 1. The minimum Gasteiger partial charge on any atom is -0.457 e. The number of hydrogen-bond acceptors (Lipinski definition) is 5. The fourth-order valence-electron chi connectivity index (χ4n) is 4.37. The molecule has 0 aliphatic heterocycles. The van der Waals surface area contributed by atoms with Crippen molar-refractivity contribution in [3.05, 3.63) is 115 Å². The van der Waals surface area contributed by atoms with Crippen LogP contribution in [0.25, 0.3) is 11.1 Å². The van der Waals surface area contributed by atoms with Crippen molar-refractivity contribution in [1.82, 2.24) is 10.0 Å². The van der Waals surface area contributed by atoms with Gasteiger partial charge in [-0.15, -0.1) is 0 Å². The molecule has 0 aliphatic rings. The number of para-hydroxylation sites is 1. The lowest BCUT2D eigenvalue weighted by Gasteiger charge is -2.20. The molecule has 2 N–H and O–H groups in total. The molecule has 0 bridgehead atoms. The first-order valence-corrected chi connectivity index (χ1v) is 15.0. The van der Waals surface area contributed by atoms with Crippen LogP contribution < -0.4 is 14.8 Å². The Labute approximate surface area is 241 Å². The predicted molar refractivity (Wildman–Crippen MR) is 160 cm³/mol. The number of hydrogen-bond donors (Lipinski definition) is 2. The van der Waals surface area contributed by atoms with Crippen molar-refractivity contribution < 1.29 is 22.7 Å². The van der Waals surface area contributed by atoms with Crippen molar-refractivity contribution in [1.29, 1.82) is 0 Å². The van der Waals surface area contributed by atoms with Gasteiger partial charge < -0.3 is 10.1 Å². The van der Waals surface area contributed by atoms with Crippen LogP contribution in [0.5, 0.6) is 11.5 Å². The van der Waals surface area contributed by atoms with Gasteiger partial charge in [0.05, 0.1) is 23.9 Å². The Morgan fingerprint density at radius 1 is 0.732 bits per heavy atom. The highest BCUT2D eigenvalue weighted by Crippen LogP contribution is 2.28. The Hall–Kier alpha value is -4.27. The topological polar surface area (TPSA) is 102 Å². The molecule has 1 amide bonds. The molecule has 212 valence electrons. The monoisotopic (exact) mass is 570 g/mol. The standard InChI is InChI=1S/C33H34N2O5S/c1-24(2)20-32(27-13-9-12-26(21-27)25-10-5-3-6-11-25)33(37)34-22-28(36)23-35-41(38,39)31-18-16-30(17-19-31)40-29-14-7-4-8-15-29/h3-19,21,24,32,35H,20,22-23H2,1-2H3,(H,34,37)/t32-/m1/s1. The van der Waals surface area contributed by atoms with Gasteiger partial charge in [0.15, 0.2) is 5.78 Å². The summed E-state index contributed by atoms with van der Waals surface area (Å²) in [6.07, 6.45) is 0.606. The van der Waals surface area contributed by atoms with Gasteiger partial charge in [0.1, 0.15) is 11.5 Å². The lowest BCUT2D eigenvalue weighted by Crippen LogP contribution is -2.39. The van der Waals surface area contributed by atoms with Crippen LogP contribution in [0.3, 0.4) is 0 Å². The number of sulfonamides is 1. The lowest BCUT2D eigenvalue weighted by atomic mass is 9.88. The third-order valence-corrected chi connectivity index (χ3v) is 7.87. The Bertz CT molecular complexity index is 1550. The van der Waals surface area contributed by atoms with E-state index >= 15 is 0 Å². The van der Waals surface area contributed by atoms with E-state index in [2.05, 4.69) is 10.0 Å². The third kappa shape index (κ3) is 8.61. The van der Waals surface area contributed by atoms with E-state index < -0.39 is 28.3 Å². The van der Waals surface area contributed by atoms with Crippen molar-refractivity contribution in [2.45, 2.75) is 31.1 Å². The van der Waals surface area contributed by atoms with E-state index in [1.54, 1.807) is 24.3 Å². The SMILES string of the molecule is CC(C)C[C@@H](C(=O)NCC(=O)CNS(=O)(=O)c1ccc(Oc2ccccc2)cc1)c1cccc(-c2ccccc2)c1. The van der Waals surface area contributed by atoms with Crippen LogP contribution in [0.2, 0.25) is 0 Å². The van der Waals surface area contributed by atoms with Crippen molar-refractivity contribution in [2.75, 3.05) is 13.1 Å². The van der Waals surface area contributed by atoms with E-state index in [1.807, 2.05) is 86.6 Å². The number of nitrogens with one attached hydrogen (secondary N) is 2. The molecular formula is C33H34N2O5S. The molecule has 0 fully saturated rings. The summed E-state index contributed by atoms with van der Waals surface area (Å²) >= 11 is 0. The molecule has 0 radical (unpaired) electrons. The Balaban J connectivity index is 1.33. The zero-order valence-corrected chi connectivity index (χ0v) is 23.9. The van der Waals surface area contributed by atoms with Crippen LogP contribution in [0.1, 0.15) is 31.7 Å². The van der Waals surface area contributed by atoms with Gasteiger partial charge in [0.2, 0.25) is 15.9 Å². The molecule has 4 aromatic rings. The molecule has 0 unspecified atom stereocenters. The normalized spacial score (nSPS) is 12.1. The van der Waals surface area contributed by atoms with Gasteiger partial charge in [-0.3, -0.25) is 9.59 Å². The second kappa shape index (κ2) is 13.9. The number of benzene rings is 4. The third-order valence-electron chi connectivity index (χ3n) is 6.45. The number of carbonyl (C=O) groups is 2. The fraction of sp³-hybridized carbons (Fsp3) is 0.212. The summed E-state index contributed by atoms with van der Waals surface area (Å²) in [5.74, 6) is 0.201. The smallest absolute Gasteiger partial charge is 0.240 e. The predicted octanol–water partition coefficient (Wildman–Crippen LogP) is 5.94. The zero-order valence-electron chi connectivity index (χ0n) is 23.1. The fourth-order valence-corrected chi connectivity index (χ4v) is 5.39. The summed E-state index contributed by atoms with van der Waals surface area (Å²) < 4.78 is 33.4. The van der Waals surface area contributed by atoms with Gasteiger partial charge in [-0.25, -0.2) is 13.1 Å². The first-order chi connectivity index (χ1) is 19.7. The van der Waals surface area contributed by atoms with E-state index in [0.29, 0.717) is 17.9 Å². The van der Waals surface area contributed by atoms with Gasteiger partial charge in [-0.1, -0.05) is 86.6 Å². The lowest BCUT2D eigenvalue weighted by molar-refractivity contribution is -0.126. The number of amides is 1. The molecule has 0 aromatic heterocycles.